The van der Waals surface area contributed by atoms with Crippen LogP contribution < -0.4 is 9.46 Å². The van der Waals surface area contributed by atoms with Crippen molar-refractivity contribution in [2.24, 2.45) is 0 Å². The van der Waals surface area contributed by atoms with Crippen molar-refractivity contribution < 1.29 is 17.9 Å². The number of hydrogen-bond acceptors (Lipinski definition) is 4. The van der Waals surface area contributed by atoms with Crippen molar-refractivity contribution >= 4 is 38.9 Å². The molecule has 0 bridgehead atoms. The molecule has 0 heterocycles. The van der Waals surface area contributed by atoms with E-state index in [1.165, 1.54) is 19.2 Å². The molecule has 0 spiro atoms. The monoisotopic (exact) mass is 375 g/mol. The van der Waals surface area contributed by atoms with Crippen LogP contribution in [0.15, 0.2) is 41.3 Å². The number of benzene rings is 2. The van der Waals surface area contributed by atoms with Gasteiger partial charge in [0.15, 0.2) is 0 Å². The highest BCUT2D eigenvalue weighted by atomic mass is 35.5. The minimum absolute atomic E-state index is 0.0465. The van der Waals surface area contributed by atoms with Gasteiger partial charge < -0.3 is 9.47 Å². The molecule has 0 aliphatic heterocycles. The molecule has 2 aromatic rings. The number of anilines is 1. The zero-order chi connectivity index (χ0) is 17.0. The molecular weight excluding hydrogens is 361 g/mol. The molecule has 0 fully saturated rings. The van der Waals surface area contributed by atoms with E-state index < -0.39 is 10.0 Å². The summed E-state index contributed by atoms with van der Waals surface area (Å²) in [4.78, 5) is -0.123. The lowest BCUT2D eigenvalue weighted by Gasteiger charge is -2.12. The molecule has 23 heavy (non-hydrogen) atoms. The molecule has 0 aromatic heterocycles. The molecule has 0 saturated heterocycles. The van der Waals surface area contributed by atoms with E-state index in [2.05, 4.69) is 4.72 Å². The van der Waals surface area contributed by atoms with Gasteiger partial charge >= 0.3 is 0 Å². The Kier molecular flexibility index (Phi) is 5.75. The van der Waals surface area contributed by atoms with Gasteiger partial charge in [0, 0.05) is 12.8 Å². The van der Waals surface area contributed by atoms with Crippen LogP contribution in [0.4, 0.5) is 5.69 Å². The normalized spacial score (nSPS) is 11.3. The minimum Gasteiger partial charge on any atom is -0.495 e. The Morgan fingerprint density at radius 1 is 1.09 bits per heavy atom. The van der Waals surface area contributed by atoms with Crippen LogP contribution in [0.1, 0.15) is 5.56 Å². The van der Waals surface area contributed by atoms with Crippen molar-refractivity contribution in [3.63, 3.8) is 0 Å². The Labute approximate surface area is 145 Å². The summed E-state index contributed by atoms with van der Waals surface area (Å²) >= 11 is 12.1. The smallest absolute Gasteiger partial charge is 0.263 e. The van der Waals surface area contributed by atoms with E-state index in [9.17, 15) is 8.42 Å². The largest absolute Gasteiger partial charge is 0.495 e. The topological polar surface area (TPSA) is 64.6 Å². The highest BCUT2D eigenvalue weighted by Gasteiger charge is 2.22. The lowest BCUT2D eigenvalue weighted by Crippen LogP contribution is -2.14. The molecule has 0 unspecified atom stereocenters. The van der Waals surface area contributed by atoms with Crippen LogP contribution in [0, 0.1) is 0 Å². The van der Waals surface area contributed by atoms with Crippen molar-refractivity contribution in [1.29, 1.82) is 0 Å². The van der Waals surface area contributed by atoms with E-state index in [0.717, 1.165) is 5.56 Å². The van der Waals surface area contributed by atoms with Gasteiger partial charge in [-0.05, 0) is 29.8 Å². The number of rotatable bonds is 6. The van der Waals surface area contributed by atoms with E-state index in [1.54, 1.807) is 25.3 Å². The van der Waals surface area contributed by atoms with Crippen molar-refractivity contribution in [2.45, 2.75) is 11.5 Å². The summed E-state index contributed by atoms with van der Waals surface area (Å²) in [6.45, 7) is 0.380. The van der Waals surface area contributed by atoms with E-state index >= 15 is 0 Å². The van der Waals surface area contributed by atoms with Crippen LogP contribution in [0.2, 0.25) is 10.0 Å². The number of sulfonamides is 1. The first kappa shape index (κ1) is 17.9. The Hall–Kier alpha value is -1.47. The molecule has 0 amide bonds. The second-order valence-electron chi connectivity index (χ2n) is 4.63. The van der Waals surface area contributed by atoms with E-state index in [1.807, 2.05) is 6.07 Å². The molecule has 5 nitrogen and oxygen atoms in total. The molecule has 0 aliphatic carbocycles. The number of methoxy groups -OCH3 is 2. The molecule has 2 rings (SSSR count). The van der Waals surface area contributed by atoms with Gasteiger partial charge in [-0.2, -0.15) is 0 Å². The molecule has 0 aliphatic rings. The third-order valence-corrected chi connectivity index (χ3v) is 5.41. The summed E-state index contributed by atoms with van der Waals surface area (Å²) in [6, 6.07) is 9.67. The van der Waals surface area contributed by atoms with Crippen LogP contribution in [0.25, 0.3) is 0 Å². The highest BCUT2D eigenvalue weighted by Crippen LogP contribution is 2.37. The van der Waals surface area contributed by atoms with Gasteiger partial charge in [-0.3, -0.25) is 4.72 Å². The van der Waals surface area contributed by atoms with Gasteiger partial charge in [0.05, 0.1) is 18.7 Å². The molecule has 124 valence electrons. The van der Waals surface area contributed by atoms with Gasteiger partial charge in [0.1, 0.15) is 15.7 Å². The van der Waals surface area contributed by atoms with Gasteiger partial charge in [-0.15, -0.1) is 0 Å². The van der Waals surface area contributed by atoms with Crippen LogP contribution in [0.3, 0.4) is 0 Å². The fraction of sp³-hybridized carbons (Fsp3) is 0.200. The first-order chi connectivity index (χ1) is 10.9. The number of ether oxygens (including phenoxy) is 2. The Morgan fingerprint density at radius 3 is 2.48 bits per heavy atom. The van der Waals surface area contributed by atoms with Crippen LogP contribution in [-0.4, -0.2) is 22.6 Å². The molecule has 1 N–H and O–H groups in total. The lowest BCUT2D eigenvalue weighted by molar-refractivity contribution is 0.185. The van der Waals surface area contributed by atoms with Gasteiger partial charge in [0.25, 0.3) is 10.0 Å². The van der Waals surface area contributed by atoms with Crippen molar-refractivity contribution in [3.05, 3.63) is 52.0 Å². The fourth-order valence-electron chi connectivity index (χ4n) is 1.98. The maximum atomic E-state index is 12.5. The third-order valence-electron chi connectivity index (χ3n) is 3.01. The number of hydrogen-bond donors (Lipinski definition) is 1. The molecule has 0 saturated carbocycles. The van der Waals surface area contributed by atoms with E-state index in [0.29, 0.717) is 18.0 Å². The summed E-state index contributed by atoms with van der Waals surface area (Å²) in [5.41, 5.74) is 1.24. The average Bonchev–Trinajstić information content (AvgIpc) is 2.50. The van der Waals surface area contributed by atoms with Gasteiger partial charge in [0.2, 0.25) is 0 Å². The standard InChI is InChI=1S/C15H15Cl2NO4S/c1-21-9-10-4-3-5-11(8-10)18-23(19,20)13-7-6-12(22-2)14(16)15(13)17/h3-8,18H,9H2,1-2H3. The first-order valence-electron chi connectivity index (χ1n) is 6.51. The minimum atomic E-state index is -3.89. The van der Waals surface area contributed by atoms with Crippen LogP contribution in [0.5, 0.6) is 5.75 Å². The zero-order valence-corrected chi connectivity index (χ0v) is 14.8. The number of nitrogens with one attached hydrogen (secondary N) is 1. The summed E-state index contributed by atoms with van der Waals surface area (Å²) in [5, 5.41) is -0.0447. The Balaban J connectivity index is 2.36. The van der Waals surface area contributed by atoms with Crippen molar-refractivity contribution in [1.82, 2.24) is 0 Å². The van der Waals surface area contributed by atoms with E-state index in [4.69, 9.17) is 32.7 Å². The first-order valence-corrected chi connectivity index (χ1v) is 8.75. The summed E-state index contributed by atoms with van der Waals surface area (Å²) in [6.07, 6.45) is 0. The molecule has 0 atom stereocenters. The quantitative estimate of drug-likeness (QED) is 0.829. The predicted molar refractivity (Wildman–Crippen MR) is 91.0 cm³/mol. The molecule has 2 aromatic carbocycles. The third kappa shape index (κ3) is 4.09. The maximum absolute atomic E-state index is 12.5. The fourth-order valence-corrected chi connectivity index (χ4v) is 3.87. The molecule has 0 radical (unpaired) electrons. The SMILES string of the molecule is COCc1cccc(NS(=O)(=O)c2ccc(OC)c(Cl)c2Cl)c1. The molecular formula is C15H15Cl2NO4S. The lowest BCUT2D eigenvalue weighted by atomic mass is 10.2. The van der Waals surface area contributed by atoms with E-state index in [-0.39, 0.29) is 14.9 Å². The summed E-state index contributed by atoms with van der Waals surface area (Å²) in [7, 11) is -0.899. The van der Waals surface area contributed by atoms with Gasteiger partial charge in [-0.25, -0.2) is 8.42 Å². The number of halogens is 2. The van der Waals surface area contributed by atoms with Crippen LogP contribution >= 0.6 is 23.2 Å². The average molecular weight is 376 g/mol. The Morgan fingerprint density at radius 2 is 1.83 bits per heavy atom. The Bertz CT molecular complexity index is 809. The maximum Gasteiger partial charge on any atom is 0.263 e. The van der Waals surface area contributed by atoms with Crippen LogP contribution in [-0.2, 0) is 21.4 Å². The summed E-state index contributed by atoms with van der Waals surface area (Å²) < 4.78 is 37.5. The molecule has 8 heteroatoms. The van der Waals surface area contributed by atoms with Gasteiger partial charge in [-0.1, -0.05) is 35.3 Å². The van der Waals surface area contributed by atoms with Crippen molar-refractivity contribution in [2.75, 3.05) is 18.9 Å². The van der Waals surface area contributed by atoms with Crippen molar-refractivity contribution in [3.8, 4) is 5.75 Å². The zero-order valence-electron chi connectivity index (χ0n) is 12.5. The second kappa shape index (κ2) is 7.40. The predicted octanol–water partition coefficient (Wildman–Crippen LogP) is 3.95. The summed E-state index contributed by atoms with van der Waals surface area (Å²) in [5.74, 6) is 0.303. The highest BCUT2D eigenvalue weighted by molar-refractivity contribution is 7.92. The second-order valence-corrected chi connectivity index (χ2v) is 7.04.